The number of nitro groups is 1. The number of anilines is 1. The lowest BCUT2D eigenvalue weighted by atomic mass is 10.1. The van der Waals surface area contributed by atoms with E-state index in [0.29, 0.717) is 5.69 Å². The molecule has 0 aliphatic heterocycles. The van der Waals surface area contributed by atoms with Crippen molar-refractivity contribution < 1.29 is 19.2 Å². The number of nitrogens with one attached hydrogen (secondary N) is 1. The van der Waals surface area contributed by atoms with Crippen molar-refractivity contribution in [2.24, 2.45) is 0 Å². The quantitative estimate of drug-likeness (QED) is 0.466. The van der Waals surface area contributed by atoms with Crippen LogP contribution in [-0.2, 0) is 27.2 Å². The van der Waals surface area contributed by atoms with Crippen LogP contribution < -0.4 is 5.32 Å². The molecule has 0 spiro atoms. The number of nitrogens with zero attached hydrogens (tertiary/aromatic N) is 1. The summed E-state index contributed by atoms with van der Waals surface area (Å²) in [6.07, 6.45) is -0.399. The smallest absolute Gasteiger partial charge is 0.311 e. The van der Waals surface area contributed by atoms with E-state index in [-0.39, 0.29) is 17.7 Å². The van der Waals surface area contributed by atoms with Gasteiger partial charge in [-0.1, -0.05) is 37.3 Å². The first-order valence-corrected chi connectivity index (χ1v) is 8.22. The van der Waals surface area contributed by atoms with Gasteiger partial charge in [-0.15, -0.1) is 0 Å². The van der Waals surface area contributed by atoms with Crippen molar-refractivity contribution in [3.63, 3.8) is 0 Å². The van der Waals surface area contributed by atoms with Gasteiger partial charge in [-0.3, -0.25) is 19.7 Å². The number of aryl methyl sites for hydroxylation is 1. The highest BCUT2D eigenvalue weighted by molar-refractivity contribution is 5.95. The third kappa shape index (κ3) is 5.14. The second kappa shape index (κ2) is 8.75. The topological polar surface area (TPSA) is 98.5 Å². The molecule has 0 heterocycles. The van der Waals surface area contributed by atoms with Gasteiger partial charge in [-0.05, 0) is 31.0 Å². The number of esters is 1. The number of ether oxygens (including phenoxy) is 1. The number of para-hydroxylation sites is 1. The summed E-state index contributed by atoms with van der Waals surface area (Å²) in [5, 5.41) is 13.6. The normalized spacial score (nSPS) is 11.5. The van der Waals surface area contributed by atoms with Crippen LogP contribution in [0, 0.1) is 10.1 Å². The predicted octanol–water partition coefficient (Wildman–Crippen LogP) is 3.27. The Morgan fingerprint density at radius 1 is 1.15 bits per heavy atom. The fourth-order valence-corrected chi connectivity index (χ4v) is 2.35. The van der Waals surface area contributed by atoms with Gasteiger partial charge >= 0.3 is 5.97 Å². The van der Waals surface area contributed by atoms with Gasteiger partial charge in [0, 0.05) is 17.3 Å². The van der Waals surface area contributed by atoms with E-state index in [2.05, 4.69) is 5.32 Å². The molecule has 7 heteroatoms. The lowest BCUT2D eigenvalue weighted by Gasteiger charge is -2.14. The number of hydrogen-bond acceptors (Lipinski definition) is 5. The highest BCUT2D eigenvalue weighted by atomic mass is 16.6. The average molecular weight is 356 g/mol. The zero-order chi connectivity index (χ0) is 19.1. The Hall–Kier alpha value is -3.22. The van der Waals surface area contributed by atoms with Crippen molar-refractivity contribution in [1.29, 1.82) is 0 Å². The lowest BCUT2D eigenvalue weighted by molar-refractivity contribution is -0.385. The standard InChI is InChI=1S/C19H20N2O5/c1-3-14-8-10-16(11-9-14)20-19(23)13(2)26-18(22)12-15-6-4-5-7-17(15)21(24)25/h4-11,13H,3,12H2,1-2H3,(H,20,23)/t13-/m0/s1. The molecular formula is C19H20N2O5. The maximum atomic E-state index is 12.1. The van der Waals surface area contributed by atoms with Crippen LogP contribution in [0.1, 0.15) is 25.0 Å². The average Bonchev–Trinajstić information content (AvgIpc) is 2.62. The van der Waals surface area contributed by atoms with Gasteiger partial charge in [0.2, 0.25) is 0 Å². The molecule has 2 aromatic rings. The molecule has 2 aromatic carbocycles. The maximum Gasteiger partial charge on any atom is 0.311 e. The van der Waals surface area contributed by atoms with Crippen LogP contribution in [0.5, 0.6) is 0 Å². The first-order valence-electron chi connectivity index (χ1n) is 8.22. The van der Waals surface area contributed by atoms with Crippen LogP contribution >= 0.6 is 0 Å². The van der Waals surface area contributed by atoms with Gasteiger partial charge < -0.3 is 10.1 Å². The molecular weight excluding hydrogens is 336 g/mol. The lowest BCUT2D eigenvalue weighted by Crippen LogP contribution is -2.30. The Kier molecular flexibility index (Phi) is 6.43. The molecule has 0 bridgehead atoms. The third-order valence-corrected chi connectivity index (χ3v) is 3.83. The summed E-state index contributed by atoms with van der Waals surface area (Å²) in [6.45, 7) is 3.49. The van der Waals surface area contributed by atoms with Gasteiger partial charge in [0.05, 0.1) is 11.3 Å². The summed E-state index contributed by atoms with van der Waals surface area (Å²) in [5.41, 5.74) is 1.84. The Morgan fingerprint density at radius 2 is 1.81 bits per heavy atom. The molecule has 0 fully saturated rings. The van der Waals surface area contributed by atoms with Crippen molar-refractivity contribution in [1.82, 2.24) is 0 Å². The minimum Gasteiger partial charge on any atom is -0.452 e. The highest BCUT2D eigenvalue weighted by Crippen LogP contribution is 2.19. The minimum atomic E-state index is -1.02. The van der Waals surface area contributed by atoms with Crippen LogP contribution in [-0.4, -0.2) is 22.9 Å². The number of carbonyl (C=O) groups excluding carboxylic acids is 2. The second-order valence-electron chi connectivity index (χ2n) is 5.73. The number of rotatable bonds is 7. The Balaban J connectivity index is 1.93. The third-order valence-electron chi connectivity index (χ3n) is 3.83. The SMILES string of the molecule is CCc1ccc(NC(=O)[C@H](C)OC(=O)Cc2ccccc2[N+](=O)[O-])cc1. The van der Waals surface area contributed by atoms with Gasteiger partial charge in [-0.25, -0.2) is 0 Å². The number of benzene rings is 2. The molecule has 0 radical (unpaired) electrons. The van der Waals surface area contributed by atoms with Gasteiger partial charge in [0.1, 0.15) is 0 Å². The molecule has 0 unspecified atom stereocenters. The van der Waals surface area contributed by atoms with Gasteiger partial charge in [0.15, 0.2) is 6.10 Å². The monoisotopic (exact) mass is 356 g/mol. The number of hydrogen-bond donors (Lipinski definition) is 1. The summed E-state index contributed by atoms with van der Waals surface area (Å²) in [4.78, 5) is 34.6. The second-order valence-corrected chi connectivity index (χ2v) is 5.73. The number of nitro benzene ring substituents is 1. The van der Waals surface area contributed by atoms with E-state index in [1.807, 2.05) is 19.1 Å². The zero-order valence-corrected chi connectivity index (χ0v) is 14.6. The molecule has 1 amide bonds. The van der Waals surface area contributed by atoms with E-state index < -0.39 is 22.9 Å². The maximum absolute atomic E-state index is 12.1. The summed E-state index contributed by atoms with van der Waals surface area (Å²) in [6, 6.07) is 13.3. The highest BCUT2D eigenvalue weighted by Gasteiger charge is 2.21. The van der Waals surface area contributed by atoms with E-state index >= 15 is 0 Å². The van der Waals surface area contributed by atoms with E-state index in [1.54, 1.807) is 18.2 Å². The number of carbonyl (C=O) groups is 2. The molecule has 136 valence electrons. The van der Waals surface area contributed by atoms with Crippen LogP contribution in [0.25, 0.3) is 0 Å². The van der Waals surface area contributed by atoms with Crippen LogP contribution in [0.3, 0.4) is 0 Å². The molecule has 0 saturated heterocycles. The van der Waals surface area contributed by atoms with Crippen molar-refractivity contribution in [2.75, 3.05) is 5.32 Å². The van der Waals surface area contributed by atoms with Gasteiger partial charge in [-0.2, -0.15) is 0 Å². The summed E-state index contributed by atoms with van der Waals surface area (Å²) < 4.78 is 5.09. The fourth-order valence-electron chi connectivity index (χ4n) is 2.35. The molecule has 1 N–H and O–H groups in total. The summed E-state index contributed by atoms with van der Waals surface area (Å²) >= 11 is 0. The molecule has 0 saturated carbocycles. The molecule has 0 aliphatic rings. The van der Waals surface area contributed by atoms with Crippen molar-refractivity contribution in [3.05, 3.63) is 69.8 Å². The van der Waals surface area contributed by atoms with Crippen molar-refractivity contribution in [2.45, 2.75) is 32.8 Å². The first-order chi connectivity index (χ1) is 12.4. The van der Waals surface area contributed by atoms with Crippen LogP contribution in [0.2, 0.25) is 0 Å². The molecule has 0 aliphatic carbocycles. The molecule has 26 heavy (non-hydrogen) atoms. The Morgan fingerprint density at radius 3 is 2.42 bits per heavy atom. The van der Waals surface area contributed by atoms with Crippen molar-refractivity contribution >= 4 is 23.3 Å². The first kappa shape index (κ1) is 19.1. The fraction of sp³-hybridized carbons (Fsp3) is 0.263. The minimum absolute atomic E-state index is 0.155. The molecule has 7 nitrogen and oxygen atoms in total. The largest absolute Gasteiger partial charge is 0.452 e. The Labute approximate surface area is 151 Å². The predicted molar refractivity (Wildman–Crippen MR) is 96.8 cm³/mol. The summed E-state index contributed by atoms with van der Waals surface area (Å²) in [7, 11) is 0. The zero-order valence-electron chi connectivity index (χ0n) is 14.6. The molecule has 2 rings (SSSR count). The van der Waals surface area contributed by atoms with E-state index in [9.17, 15) is 19.7 Å². The van der Waals surface area contributed by atoms with E-state index in [4.69, 9.17) is 4.74 Å². The van der Waals surface area contributed by atoms with E-state index in [0.717, 1.165) is 12.0 Å². The van der Waals surface area contributed by atoms with E-state index in [1.165, 1.54) is 25.1 Å². The number of amides is 1. The van der Waals surface area contributed by atoms with Crippen LogP contribution in [0.15, 0.2) is 48.5 Å². The summed E-state index contributed by atoms with van der Waals surface area (Å²) in [5.74, 6) is -1.17. The van der Waals surface area contributed by atoms with Crippen molar-refractivity contribution in [3.8, 4) is 0 Å². The van der Waals surface area contributed by atoms with Gasteiger partial charge in [0.25, 0.3) is 11.6 Å². The molecule has 1 atom stereocenters. The Bertz CT molecular complexity index is 802. The van der Waals surface area contributed by atoms with Crippen LogP contribution in [0.4, 0.5) is 11.4 Å². The molecule has 0 aromatic heterocycles.